The first kappa shape index (κ1) is 26.7. The number of carbonyl (C=O) groups is 1. The van der Waals surface area contributed by atoms with E-state index in [-0.39, 0.29) is 24.4 Å². The van der Waals surface area contributed by atoms with Crippen molar-refractivity contribution < 1.29 is 22.7 Å². The van der Waals surface area contributed by atoms with Gasteiger partial charge in [0.2, 0.25) is 5.95 Å². The van der Waals surface area contributed by atoms with E-state index in [1.54, 1.807) is 6.08 Å². The number of anilines is 3. The highest BCUT2D eigenvalue weighted by Gasteiger charge is 2.35. The van der Waals surface area contributed by atoms with Gasteiger partial charge in [-0.25, -0.2) is 9.78 Å². The van der Waals surface area contributed by atoms with Gasteiger partial charge in [0.05, 0.1) is 23.7 Å². The van der Waals surface area contributed by atoms with Crippen LogP contribution in [0.5, 0.6) is 0 Å². The van der Waals surface area contributed by atoms with Crippen molar-refractivity contribution in [2.45, 2.75) is 58.3 Å². The Labute approximate surface area is 213 Å². The van der Waals surface area contributed by atoms with Crippen LogP contribution in [0.25, 0.3) is 0 Å². The Kier molecular flexibility index (Phi) is 8.20. The van der Waals surface area contributed by atoms with E-state index in [4.69, 9.17) is 4.74 Å². The molecule has 0 aromatic carbocycles. The van der Waals surface area contributed by atoms with Crippen LogP contribution in [0.15, 0.2) is 24.7 Å². The molecule has 2 aliphatic heterocycles. The standard InChI is InChI=1S/C24H33F3N8O2/c1-16(2)33-11-6-18(7-12-33)35-15-20(17(3)32-35)30-22-29-14-19(24(25,26)27)21(31-22)28-8-4-9-34-10-5-13-37-23(34)36/h5,13-16,18H,4,6-12H2,1-3H3,(H2,28,29,30,31). The highest BCUT2D eigenvalue weighted by atomic mass is 19.4. The summed E-state index contributed by atoms with van der Waals surface area (Å²) in [7, 11) is 0. The van der Waals surface area contributed by atoms with Crippen molar-refractivity contribution in [3.63, 3.8) is 0 Å². The molecule has 0 atom stereocenters. The number of carbonyl (C=O) groups excluding carboxylic acids is 1. The molecule has 4 rings (SSSR count). The normalized spacial score (nSPS) is 17.4. The smallest absolute Gasteiger partial charge is 0.418 e. The van der Waals surface area contributed by atoms with Gasteiger partial charge in [0, 0.05) is 51.2 Å². The van der Waals surface area contributed by atoms with Crippen LogP contribution in [0.2, 0.25) is 0 Å². The lowest BCUT2D eigenvalue weighted by atomic mass is 10.0. The Morgan fingerprint density at radius 1 is 1.24 bits per heavy atom. The molecule has 13 heteroatoms. The summed E-state index contributed by atoms with van der Waals surface area (Å²) >= 11 is 0. The van der Waals surface area contributed by atoms with Crippen LogP contribution in [0.4, 0.5) is 35.4 Å². The van der Waals surface area contributed by atoms with Crippen LogP contribution in [-0.2, 0) is 10.9 Å². The second-order valence-electron chi connectivity index (χ2n) is 9.53. The molecule has 2 aliphatic rings. The molecule has 2 N–H and O–H groups in total. The summed E-state index contributed by atoms with van der Waals surface area (Å²) in [5.74, 6) is -0.283. The van der Waals surface area contributed by atoms with Gasteiger partial charge in [0.1, 0.15) is 11.4 Å². The van der Waals surface area contributed by atoms with Crippen LogP contribution in [0.3, 0.4) is 0 Å². The molecular formula is C24H33F3N8O2. The highest BCUT2D eigenvalue weighted by Crippen LogP contribution is 2.34. The molecule has 202 valence electrons. The van der Waals surface area contributed by atoms with Gasteiger partial charge in [0.25, 0.3) is 0 Å². The van der Waals surface area contributed by atoms with Gasteiger partial charge in [-0.3, -0.25) is 4.68 Å². The Bertz CT molecular complexity index is 1110. The fraction of sp³-hybridized carbons (Fsp3) is 0.583. The molecule has 0 radical (unpaired) electrons. The summed E-state index contributed by atoms with van der Waals surface area (Å²) in [5, 5.41) is 10.4. The first-order chi connectivity index (χ1) is 17.6. The van der Waals surface area contributed by atoms with Crippen LogP contribution in [0, 0.1) is 6.92 Å². The fourth-order valence-electron chi connectivity index (χ4n) is 4.45. The molecule has 0 aliphatic carbocycles. The van der Waals surface area contributed by atoms with E-state index in [2.05, 4.69) is 44.4 Å². The summed E-state index contributed by atoms with van der Waals surface area (Å²) in [6.45, 7) is 9.13. The average Bonchev–Trinajstić information content (AvgIpc) is 3.22. The predicted octanol–water partition coefficient (Wildman–Crippen LogP) is 4.56. The Hall–Kier alpha value is -3.35. The molecule has 0 saturated carbocycles. The number of cyclic esters (lactones) is 1. The molecule has 2 aromatic rings. The molecule has 0 bridgehead atoms. The van der Waals surface area contributed by atoms with Crippen LogP contribution >= 0.6 is 0 Å². The summed E-state index contributed by atoms with van der Waals surface area (Å²) in [6.07, 6.45) is 2.93. The number of nitrogens with one attached hydrogen (secondary N) is 2. The lowest BCUT2D eigenvalue weighted by Gasteiger charge is -2.34. The number of amides is 1. The minimum atomic E-state index is -4.62. The molecule has 1 amide bonds. The largest absolute Gasteiger partial charge is 0.421 e. The molecule has 1 fully saturated rings. The van der Waals surface area contributed by atoms with E-state index in [0.717, 1.165) is 32.1 Å². The Morgan fingerprint density at radius 3 is 2.68 bits per heavy atom. The maximum atomic E-state index is 13.6. The first-order valence-electron chi connectivity index (χ1n) is 12.5. The second kappa shape index (κ2) is 11.4. The molecule has 4 heterocycles. The minimum Gasteiger partial charge on any atom is -0.418 e. The number of piperidine rings is 1. The maximum absolute atomic E-state index is 13.6. The van der Waals surface area contributed by atoms with Gasteiger partial charge in [-0.2, -0.15) is 23.3 Å². The van der Waals surface area contributed by atoms with Crippen molar-refractivity contribution in [3.05, 3.63) is 36.0 Å². The Balaban J connectivity index is 1.41. The summed E-state index contributed by atoms with van der Waals surface area (Å²) < 4.78 is 47.5. The van der Waals surface area contributed by atoms with Crippen molar-refractivity contribution in [3.8, 4) is 0 Å². The van der Waals surface area contributed by atoms with E-state index < -0.39 is 17.8 Å². The van der Waals surface area contributed by atoms with Crippen LogP contribution in [-0.4, -0.2) is 74.4 Å². The monoisotopic (exact) mass is 522 g/mol. The van der Waals surface area contributed by atoms with Gasteiger partial charge >= 0.3 is 12.3 Å². The van der Waals surface area contributed by atoms with Gasteiger partial charge in [-0.05, 0) is 46.1 Å². The average molecular weight is 523 g/mol. The first-order valence-corrected chi connectivity index (χ1v) is 12.5. The minimum absolute atomic E-state index is 0.0394. The number of aryl methyl sites for hydroxylation is 1. The zero-order valence-corrected chi connectivity index (χ0v) is 21.3. The van der Waals surface area contributed by atoms with Crippen molar-refractivity contribution in [1.82, 2.24) is 29.5 Å². The highest BCUT2D eigenvalue weighted by molar-refractivity contribution is 5.69. The van der Waals surface area contributed by atoms with Crippen LogP contribution in [0.1, 0.15) is 50.4 Å². The van der Waals surface area contributed by atoms with Crippen LogP contribution < -0.4 is 10.6 Å². The lowest BCUT2D eigenvalue weighted by Crippen LogP contribution is -2.39. The maximum Gasteiger partial charge on any atom is 0.421 e. The van der Waals surface area contributed by atoms with E-state index in [9.17, 15) is 18.0 Å². The summed E-state index contributed by atoms with van der Waals surface area (Å²) in [4.78, 5) is 23.6. The third-order valence-electron chi connectivity index (χ3n) is 6.61. The molecule has 2 aromatic heterocycles. The summed E-state index contributed by atoms with van der Waals surface area (Å²) in [6, 6.07) is 0.776. The van der Waals surface area contributed by atoms with E-state index in [0.29, 0.717) is 36.9 Å². The topological polar surface area (TPSA) is 100 Å². The molecule has 10 nitrogen and oxygen atoms in total. The van der Waals surface area contributed by atoms with Crippen molar-refractivity contribution in [1.29, 1.82) is 0 Å². The zero-order chi connectivity index (χ0) is 26.6. The second-order valence-corrected chi connectivity index (χ2v) is 9.53. The molecule has 1 saturated heterocycles. The summed E-state index contributed by atoms with van der Waals surface area (Å²) in [5.41, 5.74) is 0.406. The number of likely N-dealkylation sites (tertiary alicyclic amines) is 1. The number of halogens is 3. The molecule has 0 spiro atoms. The zero-order valence-electron chi connectivity index (χ0n) is 21.3. The third kappa shape index (κ3) is 6.70. The van der Waals surface area contributed by atoms with Crippen molar-refractivity contribution >= 4 is 23.5 Å². The van der Waals surface area contributed by atoms with Gasteiger partial charge in [0.15, 0.2) is 0 Å². The van der Waals surface area contributed by atoms with E-state index >= 15 is 0 Å². The number of hydrogen-bond donors (Lipinski definition) is 2. The fourth-order valence-corrected chi connectivity index (χ4v) is 4.45. The van der Waals surface area contributed by atoms with Crippen molar-refractivity contribution in [2.24, 2.45) is 0 Å². The number of aromatic nitrogens is 4. The van der Waals surface area contributed by atoms with E-state index in [1.165, 1.54) is 11.2 Å². The number of ether oxygens (including phenoxy) is 1. The SMILES string of the molecule is Cc1nn(C2CCN(C(C)C)CC2)cc1Nc1ncc(C(F)(F)F)c(NCCCN2CC=COC2=O)n1. The molecule has 0 unspecified atom stereocenters. The quantitative estimate of drug-likeness (QED) is 0.463. The van der Waals surface area contributed by atoms with Crippen molar-refractivity contribution in [2.75, 3.05) is 43.4 Å². The number of hydrogen-bond acceptors (Lipinski definition) is 8. The third-order valence-corrected chi connectivity index (χ3v) is 6.61. The van der Waals surface area contributed by atoms with Gasteiger partial charge in [-0.15, -0.1) is 0 Å². The number of nitrogens with zero attached hydrogens (tertiary/aromatic N) is 6. The lowest BCUT2D eigenvalue weighted by molar-refractivity contribution is -0.137. The number of rotatable bonds is 9. The molecule has 37 heavy (non-hydrogen) atoms. The number of alkyl halides is 3. The van der Waals surface area contributed by atoms with E-state index in [1.807, 2.05) is 17.8 Å². The van der Waals surface area contributed by atoms with Gasteiger partial charge in [-0.1, -0.05) is 0 Å². The Morgan fingerprint density at radius 2 is 2.00 bits per heavy atom. The molecular weight excluding hydrogens is 489 g/mol. The predicted molar refractivity (Wildman–Crippen MR) is 133 cm³/mol. The van der Waals surface area contributed by atoms with Gasteiger partial charge < -0.3 is 25.2 Å².